The number of nitrogens with zero attached hydrogens (tertiary/aromatic N) is 1. The number of carbonyl (C=O) groups is 2. The van der Waals surface area contributed by atoms with Gasteiger partial charge in [-0.1, -0.05) is 0 Å². The van der Waals surface area contributed by atoms with Gasteiger partial charge in [-0.2, -0.15) is 0 Å². The van der Waals surface area contributed by atoms with Crippen molar-refractivity contribution in [2.24, 2.45) is 0 Å². The van der Waals surface area contributed by atoms with E-state index >= 15 is 0 Å². The molecule has 8 heteroatoms. The zero-order valence-electron chi connectivity index (χ0n) is 16.3. The number of hydrogen-bond acceptors (Lipinski definition) is 4. The van der Waals surface area contributed by atoms with E-state index in [0.29, 0.717) is 28.4 Å². The van der Waals surface area contributed by atoms with Gasteiger partial charge in [0.05, 0.1) is 25.6 Å². The van der Waals surface area contributed by atoms with Gasteiger partial charge in [0.1, 0.15) is 22.9 Å². The van der Waals surface area contributed by atoms with E-state index in [1.807, 2.05) is 0 Å². The molecule has 2 N–H and O–H groups in total. The van der Waals surface area contributed by atoms with Gasteiger partial charge < -0.3 is 24.5 Å². The third-order valence-electron chi connectivity index (χ3n) is 5.17. The number of benzene rings is 2. The Labute approximate surface area is 171 Å². The Kier molecular flexibility index (Phi) is 4.91. The van der Waals surface area contributed by atoms with Gasteiger partial charge in [0.15, 0.2) is 0 Å². The summed E-state index contributed by atoms with van der Waals surface area (Å²) in [5.74, 6) is -1.27. The number of aromatic nitrogens is 1. The number of methoxy groups -OCH3 is 2. The van der Waals surface area contributed by atoms with Crippen LogP contribution in [0.4, 0.5) is 10.1 Å². The van der Waals surface area contributed by atoms with Gasteiger partial charge in [-0.15, -0.1) is 0 Å². The van der Waals surface area contributed by atoms with E-state index in [9.17, 15) is 19.1 Å². The largest absolute Gasteiger partial charge is 0.497 e. The molecule has 1 aliphatic heterocycles. The number of amides is 1. The van der Waals surface area contributed by atoms with Crippen LogP contribution in [0.3, 0.4) is 0 Å². The second-order valence-corrected chi connectivity index (χ2v) is 6.87. The zero-order chi connectivity index (χ0) is 21.4. The highest BCUT2D eigenvalue weighted by molar-refractivity contribution is 6.04. The van der Waals surface area contributed by atoms with Gasteiger partial charge >= 0.3 is 5.97 Å². The van der Waals surface area contributed by atoms with E-state index < -0.39 is 17.7 Å². The fraction of sp³-hybridized carbons (Fsp3) is 0.182. The summed E-state index contributed by atoms with van der Waals surface area (Å²) >= 11 is 0. The van der Waals surface area contributed by atoms with Gasteiger partial charge in [-0.25, -0.2) is 9.18 Å². The highest BCUT2D eigenvalue weighted by atomic mass is 19.1. The summed E-state index contributed by atoms with van der Waals surface area (Å²) in [6, 6.07) is 11.0. The molecular weight excluding hydrogens is 391 g/mol. The van der Waals surface area contributed by atoms with Crippen LogP contribution < -0.4 is 14.8 Å². The predicted octanol–water partition coefficient (Wildman–Crippen LogP) is 3.81. The molecule has 0 spiro atoms. The van der Waals surface area contributed by atoms with Crippen LogP contribution in [-0.2, 0) is 4.79 Å². The van der Waals surface area contributed by atoms with Crippen LogP contribution in [0.15, 0.2) is 48.7 Å². The third kappa shape index (κ3) is 3.26. The summed E-state index contributed by atoms with van der Waals surface area (Å²) in [4.78, 5) is 24.4. The maximum absolute atomic E-state index is 13.5. The summed E-state index contributed by atoms with van der Waals surface area (Å²) in [5, 5.41) is 12.4. The smallest absolute Gasteiger partial charge is 0.339 e. The van der Waals surface area contributed by atoms with Crippen molar-refractivity contribution in [3.63, 3.8) is 0 Å². The molecule has 0 radical (unpaired) electrons. The Bertz CT molecular complexity index is 1140. The van der Waals surface area contributed by atoms with Gasteiger partial charge in [0.25, 0.3) is 0 Å². The van der Waals surface area contributed by atoms with Crippen LogP contribution >= 0.6 is 0 Å². The number of anilines is 1. The highest BCUT2D eigenvalue weighted by Crippen LogP contribution is 2.45. The molecule has 7 nitrogen and oxygen atoms in total. The van der Waals surface area contributed by atoms with Gasteiger partial charge in [0.2, 0.25) is 5.91 Å². The number of aromatic carboxylic acids is 1. The van der Waals surface area contributed by atoms with Crippen molar-refractivity contribution in [3.8, 4) is 17.2 Å². The summed E-state index contributed by atoms with van der Waals surface area (Å²) < 4.78 is 26.0. The van der Waals surface area contributed by atoms with Crippen molar-refractivity contribution < 1.29 is 28.6 Å². The molecular formula is C22H19FN2O5. The molecule has 1 aliphatic rings. The quantitative estimate of drug-likeness (QED) is 0.668. The number of ether oxygens (including phenoxy) is 2. The van der Waals surface area contributed by atoms with Crippen LogP contribution in [0.2, 0.25) is 0 Å². The average Bonchev–Trinajstić information content (AvgIpc) is 3.12. The molecule has 2 heterocycles. The SMILES string of the molecule is COc1ccc(OC)c(C2CC(=O)Nc3c(C(=O)O)cn(-c4ccc(F)cc4)c32)c1. The average molecular weight is 410 g/mol. The van der Waals surface area contributed by atoms with Crippen LogP contribution in [0.5, 0.6) is 11.5 Å². The lowest BCUT2D eigenvalue weighted by Crippen LogP contribution is -2.25. The molecule has 30 heavy (non-hydrogen) atoms. The maximum Gasteiger partial charge on any atom is 0.339 e. The Morgan fingerprint density at radius 3 is 2.53 bits per heavy atom. The third-order valence-corrected chi connectivity index (χ3v) is 5.17. The van der Waals surface area contributed by atoms with Crippen molar-refractivity contribution >= 4 is 17.6 Å². The van der Waals surface area contributed by atoms with Crippen LogP contribution in [-0.4, -0.2) is 35.8 Å². The lowest BCUT2D eigenvalue weighted by molar-refractivity contribution is -0.116. The van der Waals surface area contributed by atoms with Crippen LogP contribution in [0, 0.1) is 5.82 Å². The molecule has 0 fully saturated rings. The molecule has 1 amide bonds. The monoisotopic (exact) mass is 410 g/mol. The number of rotatable bonds is 5. The first-order valence-electron chi connectivity index (χ1n) is 9.19. The Balaban J connectivity index is 1.99. The first-order valence-corrected chi connectivity index (χ1v) is 9.19. The standard InChI is InChI=1S/C22H19FN2O5/c1-29-14-7-8-18(30-2)15(9-14)16-10-19(26)24-20-17(22(27)28)11-25(21(16)20)13-5-3-12(23)4-6-13/h3-9,11,16H,10H2,1-2H3,(H,24,26)(H,27,28). The first-order chi connectivity index (χ1) is 14.4. The van der Waals surface area contributed by atoms with E-state index in [-0.39, 0.29) is 23.6 Å². The number of carbonyl (C=O) groups excluding carboxylic acids is 1. The van der Waals surface area contributed by atoms with E-state index in [0.717, 1.165) is 0 Å². The fourth-order valence-corrected chi connectivity index (χ4v) is 3.81. The highest BCUT2D eigenvalue weighted by Gasteiger charge is 2.36. The van der Waals surface area contributed by atoms with Gasteiger partial charge in [0, 0.05) is 29.8 Å². The van der Waals surface area contributed by atoms with E-state index in [4.69, 9.17) is 9.47 Å². The van der Waals surface area contributed by atoms with E-state index in [1.54, 1.807) is 34.9 Å². The van der Waals surface area contributed by atoms with Crippen molar-refractivity contribution in [2.45, 2.75) is 12.3 Å². The number of hydrogen-bond donors (Lipinski definition) is 2. The van der Waals surface area contributed by atoms with Crippen molar-refractivity contribution in [1.82, 2.24) is 4.57 Å². The molecule has 4 rings (SSSR count). The second-order valence-electron chi connectivity index (χ2n) is 6.87. The summed E-state index contributed by atoms with van der Waals surface area (Å²) in [6.07, 6.45) is 1.52. The summed E-state index contributed by atoms with van der Waals surface area (Å²) in [7, 11) is 3.06. The lowest BCUT2D eigenvalue weighted by Gasteiger charge is -2.27. The maximum atomic E-state index is 13.5. The number of halogens is 1. The number of carboxylic acids is 1. The minimum Gasteiger partial charge on any atom is -0.497 e. The molecule has 2 aromatic carbocycles. The zero-order valence-corrected chi connectivity index (χ0v) is 16.3. The predicted molar refractivity (Wildman–Crippen MR) is 107 cm³/mol. The van der Waals surface area contributed by atoms with Crippen molar-refractivity contribution in [2.75, 3.05) is 19.5 Å². The van der Waals surface area contributed by atoms with Crippen molar-refractivity contribution in [3.05, 3.63) is 71.3 Å². The molecule has 3 aromatic rings. The van der Waals surface area contributed by atoms with E-state index in [2.05, 4.69) is 5.32 Å². The first kappa shape index (κ1) is 19.5. The number of nitrogens with one attached hydrogen (secondary N) is 1. The number of fused-ring (bicyclic) bond motifs is 1. The molecule has 0 bridgehead atoms. The molecule has 1 atom stereocenters. The Morgan fingerprint density at radius 2 is 1.90 bits per heavy atom. The van der Waals surface area contributed by atoms with Gasteiger partial charge in [-0.3, -0.25) is 4.79 Å². The molecule has 1 unspecified atom stereocenters. The Morgan fingerprint density at radius 1 is 1.17 bits per heavy atom. The molecule has 1 aromatic heterocycles. The fourth-order valence-electron chi connectivity index (χ4n) is 3.81. The number of carboxylic acid groups (broad SMARTS) is 1. The van der Waals surface area contributed by atoms with E-state index in [1.165, 1.54) is 32.5 Å². The van der Waals surface area contributed by atoms with Crippen LogP contribution in [0.25, 0.3) is 5.69 Å². The van der Waals surface area contributed by atoms with Crippen molar-refractivity contribution in [1.29, 1.82) is 0 Å². The Hall–Kier alpha value is -3.81. The molecule has 0 saturated carbocycles. The summed E-state index contributed by atoms with van der Waals surface area (Å²) in [5.41, 5.74) is 2.01. The lowest BCUT2D eigenvalue weighted by atomic mass is 9.87. The minimum absolute atomic E-state index is 0.0470. The topological polar surface area (TPSA) is 89.8 Å². The van der Waals surface area contributed by atoms with Crippen LogP contribution in [0.1, 0.15) is 34.0 Å². The summed E-state index contributed by atoms with van der Waals surface area (Å²) in [6.45, 7) is 0. The normalized spacial score (nSPS) is 15.3. The molecule has 0 saturated heterocycles. The molecule has 154 valence electrons. The second kappa shape index (κ2) is 7.55. The minimum atomic E-state index is -1.18. The molecule has 0 aliphatic carbocycles. The van der Waals surface area contributed by atoms with Gasteiger partial charge in [-0.05, 0) is 42.5 Å².